The number of nitrogens with one attached hydrogen (secondary N) is 2. The van der Waals surface area contributed by atoms with Crippen LogP contribution >= 0.6 is 24.0 Å². The highest BCUT2D eigenvalue weighted by atomic mass is 127. The Morgan fingerprint density at radius 2 is 1.75 bits per heavy atom. The Hall–Kier alpha value is -2.00. The normalized spacial score (nSPS) is 19.0. The van der Waals surface area contributed by atoms with Gasteiger partial charge in [-0.1, -0.05) is 36.4 Å². The van der Waals surface area contributed by atoms with Crippen LogP contribution in [0.3, 0.4) is 0 Å². The molecule has 2 heterocycles. The van der Waals surface area contributed by atoms with Crippen LogP contribution in [0.25, 0.3) is 0 Å². The molecule has 0 aliphatic carbocycles. The Morgan fingerprint density at radius 3 is 2.47 bits per heavy atom. The summed E-state index contributed by atoms with van der Waals surface area (Å²) in [6, 6.07) is 17.6. The number of guanidine groups is 1. The van der Waals surface area contributed by atoms with Gasteiger partial charge in [-0.25, -0.2) is 0 Å². The van der Waals surface area contributed by atoms with Gasteiger partial charge >= 0.3 is 0 Å². The summed E-state index contributed by atoms with van der Waals surface area (Å²) in [5, 5.41) is 7.05. The molecule has 2 aromatic rings. The van der Waals surface area contributed by atoms with Crippen molar-refractivity contribution in [2.45, 2.75) is 38.4 Å². The monoisotopic (exact) mass is 549 g/mol. The first-order valence-electron chi connectivity index (χ1n) is 11.4. The van der Waals surface area contributed by atoms with E-state index < -0.39 is 0 Å². The summed E-state index contributed by atoms with van der Waals surface area (Å²) >= 11 is 0. The number of anilines is 1. The fourth-order valence-corrected chi connectivity index (χ4v) is 4.52. The number of likely N-dealkylation sites (tertiary alicyclic amines) is 1. The van der Waals surface area contributed by atoms with Gasteiger partial charge in [0.25, 0.3) is 0 Å². The molecule has 4 rings (SSSR count). The summed E-state index contributed by atoms with van der Waals surface area (Å²) in [5.41, 5.74) is 3.83. The van der Waals surface area contributed by atoms with Crippen molar-refractivity contribution in [1.29, 1.82) is 0 Å². The Balaban J connectivity index is 0.00000289. The van der Waals surface area contributed by atoms with E-state index in [0.29, 0.717) is 6.04 Å². The zero-order chi connectivity index (χ0) is 21.5. The quantitative estimate of drug-likeness (QED) is 0.312. The Bertz CT molecular complexity index is 867. The number of hydrogen-bond acceptors (Lipinski definition) is 4. The molecule has 2 aliphatic heterocycles. The molecule has 0 spiro atoms. The van der Waals surface area contributed by atoms with Gasteiger partial charge in [-0.2, -0.15) is 0 Å². The molecule has 2 aromatic carbocycles. The lowest BCUT2D eigenvalue weighted by atomic mass is 10.1. The molecule has 6 nitrogen and oxygen atoms in total. The second kappa shape index (κ2) is 12.3. The molecule has 0 saturated carbocycles. The van der Waals surface area contributed by atoms with E-state index >= 15 is 0 Å². The van der Waals surface area contributed by atoms with Crippen molar-refractivity contribution in [1.82, 2.24) is 15.5 Å². The number of para-hydroxylation sites is 2. The third kappa shape index (κ3) is 6.51. The Morgan fingerprint density at radius 1 is 1.03 bits per heavy atom. The van der Waals surface area contributed by atoms with Crippen LogP contribution < -0.4 is 20.3 Å². The van der Waals surface area contributed by atoms with Crippen LogP contribution in [0.15, 0.2) is 53.5 Å². The molecule has 7 heteroatoms. The maximum Gasteiger partial charge on any atom is 0.191 e. The molecule has 1 unspecified atom stereocenters. The minimum absolute atomic E-state index is 0. The van der Waals surface area contributed by atoms with Crippen LogP contribution in [-0.4, -0.2) is 57.2 Å². The Labute approximate surface area is 209 Å². The molecule has 2 N–H and O–H groups in total. The average molecular weight is 550 g/mol. The number of aliphatic imine (C=N–C) groups is 1. The number of benzene rings is 2. The topological polar surface area (TPSA) is 52.1 Å². The van der Waals surface area contributed by atoms with E-state index in [0.717, 1.165) is 50.0 Å². The fraction of sp³-hybridized carbons (Fsp3) is 0.480. The van der Waals surface area contributed by atoms with Gasteiger partial charge in [0.05, 0.1) is 12.8 Å². The lowest BCUT2D eigenvalue weighted by molar-refractivity contribution is 0.331. The minimum atomic E-state index is 0. The number of rotatable bonds is 7. The largest absolute Gasteiger partial charge is 0.495 e. The minimum Gasteiger partial charge on any atom is -0.495 e. The predicted octanol–water partition coefficient (Wildman–Crippen LogP) is 3.85. The first kappa shape index (κ1) is 24.6. The fourth-order valence-electron chi connectivity index (χ4n) is 4.52. The predicted molar refractivity (Wildman–Crippen MR) is 143 cm³/mol. The van der Waals surface area contributed by atoms with Crippen molar-refractivity contribution in [3.63, 3.8) is 0 Å². The molecule has 32 heavy (non-hydrogen) atoms. The molecular weight excluding hydrogens is 513 g/mol. The van der Waals surface area contributed by atoms with Crippen molar-refractivity contribution in [3.8, 4) is 5.75 Å². The first-order chi connectivity index (χ1) is 15.2. The molecule has 0 bridgehead atoms. The molecule has 174 valence electrons. The van der Waals surface area contributed by atoms with Crippen LogP contribution in [0.4, 0.5) is 5.69 Å². The maximum atomic E-state index is 5.53. The van der Waals surface area contributed by atoms with Crippen molar-refractivity contribution in [2.24, 2.45) is 4.99 Å². The molecule has 0 radical (unpaired) electrons. The van der Waals surface area contributed by atoms with Gasteiger partial charge in [-0.05, 0) is 55.6 Å². The lowest BCUT2D eigenvalue weighted by Gasteiger charge is -2.22. The van der Waals surface area contributed by atoms with E-state index in [1.54, 1.807) is 7.11 Å². The zero-order valence-corrected chi connectivity index (χ0v) is 21.5. The highest BCUT2D eigenvalue weighted by Crippen LogP contribution is 2.30. The second-order valence-electron chi connectivity index (χ2n) is 8.47. The van der Waals surface area contributed by atoms with Crippen molar-refractivity contribution < 1.29 is 4.74 Å². The molecule has 0 amide bonds. The van der Waals surface area contributed by atoms with E-state index in [9.17, 15) is 0 Å². The average Bonchev–Trinajstić information content (AvgIpc) is 3.50. The third-order valence-electron chi connectivity index (χ3n) is 6.27. The van der Waals surface area contributed by atoms with Gasteiger partial charge in [0.2, 0.25) is 0 Å². The van der Waals surface area contributed by atoms with Crippen LogP contribution in [-0.2, 0) is 13.1 Å². The van der Waals surface area contributed by atoms with Gasteiger partial charge in [0, 0.05) is 39.3 Å². The lowest BCUT2D eigenvalue weighted by Crippen LogP contribution is -2.44. The summed E-state index contributed by atoms with van der Waals surface area (Å²) in [6.07, 6.45) is 3.75. The van der Waals surface area contributed by atoms with Gasteiger partial charge in [-0.15, -0.1) is 24.0 Å². The van der Waals surface area contributed by atoms with Crippen molar-refractivity contribution in [2.75, 3.05) is 45.2 Å². The van der Waals surface area contributed by atoms with Gasteiger partial charge < -0.3 is 20.3 Å². The molecule has 2 aliphatic rings. The standard InChI is InChI=1S/C25H35N5O.HI/c1-26-25(27-17-20-9-11-21(12-10-20)18-29-14-5-6-15-29)28-22-13-16-30(19-22)23-7-3-4-8-24(23)31-2;/h3-4,7-12,22H,5-6,13-19H2,1-2H3,(H2,26,27,28);1H. The number of halogens is 1. The van der Waals surface area contributed by atoms with E-state index in [2.05, 4.69) is 61.8 Å². The van der Waals surface area contributed by atoms with Crippen molar-refractivity contribution >= 4 is 35.6 Å². The van der Waals surface area contributed by atoms with Crippen LogP contribution in [0.2, 0.25) is 0 Å². The van der Waals surface area contributed by atoms with Crippen LogP contribution in [0.5, 0.6) is 5.75 Å². The van der Waals surface area contributed by atoms with Crippen molar-refractivity contribution in [3.05, 3.63) is 59.7 Å². The van der Waals surface area contributed by atoms with E-state index in [1.165, 1.54) is 37.1 Å². The number of hydrogen-bond donors (Lipinski definition) is 2. The summed E-state index contributed by atoms with van der Waals surface area (Å²) in [7, 11) is 3.57. The third-order valence-corrected chi connectivity index (χ3v) is 6.27. The van der Waals surface area contributed by atoms with E-state index in [4.69, 9.17) is 4.74 Å². The number of methoxy groups -OCH3 is 1. The maximum absolute atomic E-state index is 5.53. The highest BCUT2D eigenvalue weighted by Gasteiger charge is 2.25. The van der Waals surface area contributed by atoms with Crippen LogP contribution in [0, 0.1) is 0 Å². The summed E-state index contributed by atoms with van der Waals surface area (Å²) < 4.78 is 5.53. The smallest absolute Gasteiger partial charge is 0.191 e. The Kier molecular flexibility index (Phi) is 9.47. The SMILES string of the molecule is CN=C(NCc1ccc(CN2CCCC2)cc1)NC1CCN(c2ccccc2OC)C1.I. The first-order valence-corrected chi connectivity index (χ1v) is 11.4. The van der Waals surface area contributed by atoms with Crippen LogP contribution in [0.1, 0.15) is 30.4 Å². The van der Waals surface area contributed by atoms with Gasteiger partial charge in [-0.3, -0.25) is 9.89 Å². The number of nitrogens with zero attached hydrogens (tertiary/aromatic N) is 3. The van der Waals surface area contributed by atoms with E-state index in [-0.39, 0.29) is 24.0 Å². The summed E-state index contributed by atoms with van der Waals surface area (Å²) in [4.78, 5) is 9.34. The molecular formula is C25H36IN5O. The number of ether oxygens (including phenoxy) is 1. The zero-order valence-electron chi connectivity index (χ0n) is 19.2. The van der Waals surface area contributed by atoms with Gasteiger partial charge in [0.1, 0.15) is 5.75 Å². The summed E-state index contributed by atoms with van der Waals surface area (Å²) in [5.74, 6) is 1.78. The highest BCUT2D eigenvalue weighted by molar-refractivity contribution is 14.0. The molecule has 0 aromatic heterocycles. The van der Waals surface area contributed by atoms with Gasteiger partial charge in [0.15, 0.2) is 5.96 Å². The van der Waals surface area contributed by atoms with E-state index in [1.807, 2.05) is 19.2 Å². The second-order valence-corrected chi connectivity index (χ2v) is 8.47. The molecule has 1 atom stereocenters. The molecule has 2 fully saturated rings. The summed E-state index contributed by atoms with van der Waals surface area (Å²) in [6.45, 7) is 6.26. The molecule has 2 saturated heterocycles.